The van der Waals surface area contributed by atoms with Crippen LogP contribution in [0.15, 0.2) is 36.7 Å². The average molecular weight is 283 g/mol. The first-order valence-corrected chi connectivity index (χ1v) is 8.07. The van der Waals surface area contributed by atoms with Gasteiger partial charge in [-0.2, -0.15) is 0 Å². The Morgan fingerprint density at radius 2 is 2.24 bits per heavy atom. The molecule has 3 nitrogen and oxygen atoms in total. The maximum atomic E-state index is 4.45. The minimum Gasteiger partial charge on any atom is -0.338 e. The summed E-state index contributed by atoms with van der Waals surface area (Å²) in [6.07, 6.45) is 8.62. The van der Waals surface area contributed by atoms with Crippen LogP contribution in [0.1, 0.15) is 42.6 Å². The molecular weight excluding hydrogens is 258 g/mol. The highest BCUT2D eigenvalue weighted by Gasteiger charge is 2.28. The van der Waals surface area contributed by atoms with Crippen LogP contribution in [-0.2, 0) is 19.9 Å². The molecule has 0 radical (unpaired) electrons. The summed E-state index contributed by atoms with van der Waals surface area (Å²) in [6.45, 7) is 3.23. The van der Waals surface area contributed by atoms with Gasteiger partial charge < -0.3 is 9.88 Å². The number of rotatable bonds is 6. The van der Waals surface area contributed by atoms with E-state index in [1.54, 1.807) is 11.1 Å². The topological polar surface area (TPSA) is 29.9 Å². The Bertz CT molecular complexity index is 588. The Morgan fingerprint density at radius 3 is 3.00 bits per heavy atom. The highest BCUT2D eigenvalue weighted by atomic mass is 15.0. The number of hydrogen-bond acceptors (Lipinski definition) is 2. The second-order valence-electron chi connectivity index (χ2n) is 6.00. The maximum absolute atomic E-state index is 4.45. The van der Waals surface area contributed by atoms with Crippen LogP contribution in [0.2, 0.25) is 0 Å². The first-order chi connectivity index (χ1) is 10.3. The average Bonchev–Trinajstić information content (AvgIpc) is 3.10. The van der Waals surface area contributed by atoms with Gasteiger partial charge in [0, 0.05) is 31.9 Å². The van der Waals surface area contributed by atoms with Gasteiger partial charge in [-0.15, -0.1) is 0 Å². The Hall–Kier alpha value is -1.61. The van der Waals surface area contributed by atoms with Crippen LogP contribution in [0.4, 0.5) is 0 Å². The van der Waals surface area contributed by atoms with Crippen molar-refractivity contribution in [1.29, 1.82) is 0 Å². The molecule has 1 aliphatic carbocycles. The van der Waals surface area contributed by atoms with E-state index >= 15 is 0 Å². The zero-order valence-corrected chi connectivity index (χ0v) is 13.0. The first-order valence-electron chi connectivity index (χ1n) is 8.07. The molecule has 1 N–H and O–H groups in total. The molecule has 2 aromatic rings. The van der Waals surface area contributed by atoms with Crippen molar-refractivity contribution in [3.05, 3.63) is 53.6 Å². The minimum atomic E-state index is 0.551. The summed E-state index contributed by atoms with van der Waals surface area (Å²) in [6, 6.07) is 9.50. The summed E-state index contributed by atoms with van der Waals surface area (Å²) in [5.41, 5.74) is 3.10. The lowest BCUT2D eigenvalue weighted by Crippen LogP contribution is -2.34. The summed E-state index contributed by atoms with van der Waals surface area (Å²) in [5.74, 6) is 1.84. The molecular formula is C18H25N3. The van der Waals surface area contributed by atoms with Gasteiger partial charge in [0.15, 0.2) is 0 Å². The summed E-state index contributed by atoms with van der Waals surface area (Å²) >= 11 is 0. The van der Waals surface area contributed by atoms with Crippen molar-refractivity contribution in [1.82, 2.24) is 14.9 Å². The molecule has 2 unspecified atom stereocenters. The van der Waals surface area contributed by atoms with Gasteiger partial charge in [-0.05, 0) is 42.9 Å². The van der Waals surface area contributed by atoms with Gasteiger partial charge in [0.1, 0.15) is 5.82 Å². The summed E-state index contributed by atoms with van der Waals surface area (Å²) < 4.78 is 2.13. The van der Waals surface area contributed by atoms with Gasteiger partial charge >= 0.3 is 0 Å². The van der Waals surface area contributed by atoms with Crippen LogP contribution in [0.3, 0.4) is 0 Å². The van der Waals surface area contributed by atoms with Gasteiger partial charge in [0.25, 0.3) is 0 Å². The van der Waals surface area contributed by atoms with Gasteiger partial charge in [-0.3, -0.25) is 0 Å². The lowest BCUT2D eigenvalue weighted by Gasteiger charge is -2.25. The predicted molar refractivity (Wildman–Crippen MR) is 86.5 cm³/mol. The predicted octanol–water partition coefficient (Wildman–Crippen LogP) is 3.06. The van der Waals surface area contributed by atoms with E-state index < -0.39 is 0 Å². The Morgan fingerprint density at radius 1 is 1.38 bits per heavy atom. The Labute approximate surface area is 127 Å². The molecule has 0 spiro atoms. The van der Waals surface area contributed by atoms with Crippen LogP contribution in [0.25, 0.3) is 0 Å². The Kier molecular flexibility index (Phi) is 4.39. The zero-order valence-electron chi connectivity index (χ0n) is 13.0. The number of aryl methyl sites for hydroxylation is 3. The minimum absolute atomic E-state index is 0.551. The summed E-state index contributed by atoms with van der Waals surface area (Å²) in [7, 11) is 2.08. The van der Waals surface area contributed by atoms with E-state index in [2.05, 4.69) is 53.1 Å². The second-order valence-corrected chi connectivity index (χ2v) is 6.00. The van der Waals surface area contributed by atoms with Crippen molar-refractivity contribution in [2.75, 3.05) is 6.54 Å². The van der Waals surface area contributed by atoms with Gasteiger partial charge in [0.05, 0.1) is 0 Å². The molecule has 3 heteroatoms. The number of hydrogen-bond donors (Lipinski definition) is 1. The number of aromatic nitrogens is 2. The highest BCUT2D eigenvalue weighted by Crippen LogP contribution is 2.36. The molecule has 0 saturated heterocycles. The lowest BCUT2D eigenvalue weighted by molar-refractivity contribution is 0.409. The quantitative estimate of drug-likeness (QED) is 0.883. The van der Waals surface area contributed by atoms with Crippen molar-refractivity contribution in [3.63, 3.8) is 0 Å². The molecule has 0 fully saturated rings. The van der Waals surface area contributed by atoms with Crippen LogP contribution in [-0.4, -0.2) is 22.1 Å². The van der Waals surface area contributed by atoms with Crippen molar-refractivity contribution >= 4 is 0 Å². The normalized spacial score (nSPS) is 18.7. The molecule has 0 bridgehead atoms. The van der Waals surface area contributed by atoms with Gasteiger partial charge in [0.2, 0.25) is 0 Å². The third-order valence-corrected chi connectivity index (χ3v) is 4.73. The number of likely N-dealkylation sites (N-methyl/N-ethyl adjacent to an activating group) is 1. The van der Waals surface area contributed by atoms with Crippen molar-refractivity contribution in [3.8, 4) is 0 Å². The first kappa shape index (κ1) is 14.3. The summed E-state index contributed by atoms with van der Waals surface area (Å²) in [4.78, 5) is 4.45. The molecule has 1 heterocycles. The number of nitrogens with zero attached hydrogens (tertiary/aromatic N) is 2. The maximum Gasteiger partial charge on any atom is 0.108 e. The third-order valence-electron chi connectivity index (χ3n) is 4.73. The van der Waals surface area contributed by atoms with Crippen LogP contribution in [0.5, 0.6) is 0 Å². The number of nitrogens with one attached hydrogen (secondary N) is 1. The van der Waals surface area contributed by atoms with E-state index in [9.17, 15) is 0 Å². The zero-order chi connectivity index (χ0) is 14.7. The van der Waals surface area contributed by atoms with Gasteiger partial charge in [-0.1, -0.05) is 31.2 Å². The van der Waals surface area contributed by atoms with Crippen LogP contribution < -0.4 is 5.32 Å². The van der Waals surface area contributed by atoms with Gasteiger partial charge in [-0.25, -0.2) is 4.98 Å². The second kappa shape index (κ2) is 6.44. The molecule has 21 heavy (non-hydrogen) atoms. The van der Waals surface area contributed by atoms with E-state index in [-0.39, 0.29) is 0 Å². The number of benzene rings is 1. The van der Waals surface area contributed by atoms with E-state index in [0.717, 1.165) is 19.4 Å². The fraction of sp³-hybridized carbons (Fsp3) is 0.500. The largest absolute Gasteiger partial charge is 0.338 e. The SMILES string of the molecule is CCNC(CCc1nccn1C)C1CCc2ccccc21. The van der Waals surface area contributed by atoms with Crippen molar-refractivity contribution in [2.24, 2.45) is 7.05 Å². The molecule has 112 valence electrons. The molecule has 1 aromatic carbocycles. The molecule has 0 saturated carbocycles. The Balaban J connectivity index is 1.72. The smallest absolute Gasteiger partial charge is 0.108 e. The standard InChI is InChI=1S/C18H25N3/c1-3-19-17(10-11-18-20-12-13-21(18)2)16-9-8-14-6-4-5-7-15(14)16/h4-7,12-13,16-17,19H,3,8-11H2,1-2H3. The van der Waals surface area contributed by atoms with Crippen LogP contribution >= 0.6 is 0 Å². The van der Waals surface area contributed by atoms with Crippen molar-refractivity contribution in [2.45, 2.75) is 44.6 Å². The monoisotopic (exact) mass is 283 g/mol. The van der Waals surface area contributed by atoms with E-state index in [1.165, 1.54) is 18.7 Å². The number of imidazole rings is 1. The molecule has 0 aliphatic heterocycles. The molecule has 3 rings (SSSR count). The van der Waals surface area contributed by atoms with Crippen molar-refractivity contribution < 1.29 is 0 Å². The van der Waals surface area contributed by atoms with E-state index in [4.69, 9.17) is 0 Å². The van der Waals surface area contributed by atoms with E-state index in [1.807, 2.05) is 12.4 Å². The third kappa shape index (κ3) is 3.03. The highest BCUT2D eigenvalue weighted by molar-refractivity contribution is 5.36. The van der Waals surface area contributed by atoms with Crippen LogP contribution in [0, 0.1) is 0 Å². The lowest BCUT2D eigenvalue weighted by atomic mass is 9.90. The number of fused-ring (bicyclic) bond motifs is 1. The molecule has 0 amide bonds. The molecule has 2 atom stereocenters. The molecule has 1 aliphatic rings. The molecule has 1 aromatic heterocycles. The van der Waals surface area contributed by atoms with E-state index in [0.29, 0.717) is 12.0 Å². The fourth-order valence-corrected chi connectivity index (χ4v) is 3.64. The summed E-state index contributed by atoms with van der Waals surface area (Å²) in [5, 5.41) is 3.71. The fourth-order valence-electron chi connectivity index (χ4n) is 3.64.